The van der Waals surface area contributed by atoms with Crippen LogP contribution in [0.25, 0.3) is 0 Å². The average molecular weight is 1110 g/mol. The van der Waals surface area contributed by atoms with Gasteiger partial charge in [0.25, 0.3) is 0 Å². The minimum Gasteiger partial charge on any atom is 0 e. The maximum absolute atomic E-state index is 0. The zero-order chi connectivity index (χ0) is 0. The maximum atomic E-state index is 0. The van der Waals surface area contributed by atoms with E-state index in [0.717, 1.165) is 0 Å². The van der Waals surface area contributed by atoms with Crippen LogP contribution in [0.4, 0.5) is 0 Å². The average Bonchev–Trinajstić information content (AvgIpc) is 0. The van der Waals surface area contributed by atoms with E-state index in [0.29, 0.717) is 0 Å². The first kappa shape index (κ1) is 66.1. The Kier molecular flexibility index (Phi) is 463. The first-order valence-electron chi connectivity index (χ1n) is 0. The van der Waals surface area contributed by atoms with Crippen molar-refractivity contribution in [2.45, 2.75) is 0 Å². The van der Waals surface area contributed by atoms with Gasteiger partial charge in [-0.3, -0.25) is 0 Å². The van der Waals surface area contributed by atoms with E-state index in [4.69, 9.17) is 0 Å². The standard InChI is InChI=1S/B.6W. The van der Waals surface area contributed by atoms with Crippen LogP contribution in [-0.4, -0.2) is 8.41 Å². The van der Waals surface area contributed by atoms with E-state index in [1.165, 1.54) is 0 Å². The van der Waals surface area contributed by atoms with Gasteiger partial charge in [0.1, 0.15) is 0 Å². The fourth-order valence-corrected chi connectivity index (χ4v) is 0. The summed E-state index contributed by atoms with van der Waals surface area (Å²) in [6.45, 7) is 0. The molecule has 0 unspecified atom stereocenters. The summed E-state index contributed by atoms with van der Waals surface area (Å²) in [5, 5.41) is 0. The molecule has 3 radical (unpaired) electrons. The van der Waals surface area contributed by atoms with Crippen molar-refractivity contribution in [1.29, 1.82) is 0 Å². The Balaban J connectivity index is 0. The van der Waals surface area contributed by atoms with E-state index < -0.39 is 0 Å². The van der Waals surface area contributed by atoms with Crippen LogP contribution in [0.15, 0.2) is 0 Å². The molecule has 0 fully saturated rings. The van der Waals surface area contributed by atoms with Gasteiger partial charge >= 0.3 is 0 Å². The Morgan fingerprint density at radius 2 is 0.286 bits per heavy atom. The summed E-state index contributed by atoms with van der Waals surface area (Å²) in [6, 6.07) is 0. The number of hydrogen-bond acceptors (Lipinski definition) is 0. The normalized spacial score (nSPS) is 0. The van der Waals surface area contributed by atoms with E-state index in [9.17, 15) is 0 Å². The molecule has 0 aliphatic carbocycles. The molecule has 0 amide bonds. The van der Waals surface area contributed by atoms with Crippen LogP contribution < -0.4 is 0 Å². The molecule has 0 spiro atoms. The smallest absolute Gasteiger partial charge is 0 e. The third kappa shape index (κ3) is 38.9. The molecule has 39 valence electrons. The quantitative estimate of drug-likeness (QED) is 0.291. The van der Waals surface area contributed by atoms with Crippen molar-refractivity contribution in [3.63, 3.8) is 0 Å². The predicted octanol–water partition coefficient (Wildman–Crippen LogP) is -0.396. The molecular formula is BW6. The Morgan fingerprint density at radius 1 is 0.286 bits per heavy atom. The molecule has 0 heterocycles. The third-order valence-corrected chi connectivity index (χ3v) is 0. The molecule has 0 rings (SSSR count). The van der Waals surface area contributed by atoms with Gasteiger partial charge in [0.05, 0.1) is 0 Å². The van der Waals surface area contributed by atoms with Gasteiger partial charge in [-0.15, -0.1) is 0 Å². The van der Waals surface area contributed by atoms with Gasteiger partial charge in [-0.1, -0.05) is 0 Å². The van der Waals surface area contributed by atoms with Crippen molar-refractivity contribution < 1.29 is 126 Å². The molecule has 0 aromatic rings. The van der Waals surface area contributed by atoms with Crippen molar-refractivity contribution in [3.8, 4) is 0 Å². The maximum Gasteiger partial charge on any atom is 0 e. The zero-order valence-corrected chi connectivity index (χ0v) is 20.6. The molecule has 0 aromatic carbocycles. The second kappa shape index (κ2) is 49.0. The summed E-state index contributed by atoms with van der Waals surface area (Å²) in [7, 11) is 0. The molecule has 0 nitrogen and oxygen atoms in total. The first-order chi connectivity index (χ1) is 0. The van der Waals surface area contributed by atoms with E-state index >= 15 is 0 Å². The van der Waals surface area contributed by atoms with Gasteiger partial charge in [-0.25, -0.2) is 0 Å². The second-order valence-electron chi connectivity index (χ2n) is 0. The van der Waals surface area contributed by atoms with Crippen molar-refractivity contribution in [1.82, 2.24) is 0 Å². The van der Waals surface area contributed by atoms with Gasteiger partial charge in [-0.05, 0) is 0 Å². The Bertz CT molecular complexity index is 4.14. The van der Waals surface area contributed by atoms with Gasteiger partial charge in [0.15, 0.2) is 0 Å². The van der Waals surface area contributed by atoms with E-state index in [-0.39, 0.29) is 135 Å². The Morgan fingerprint density at radius 3 is 0.286 bits per heavy atom. The van der Waals surface area contributed by atoms with Gasteiger partial charge < -0.3 is 0 Å². The molecule has 7 heavy (non-hydrogen) atoms. The van der Waals surface area contributed by atoms with Crippen LogP contribution in [0.5, 0.6) is 0 Å². The summed E-state index contributed by atoms with van der Waals surface area (Å²) >= 11 is 0. The van der Waals surface area contributed by atoms with Crippen LogP contribution >= 0.6 is 0 Å². The van der Waals surface area contributed by atoms with E-state index in [2.05, 4.69) is 0 Å². The van der Waals surface area contributed by atoms with Crippen molar-refractivity contribution in [3.05, 3.63) is 0 Å². The van der Waals surface area contributed by atoms with Gasteiger partial charge in [0.2, 0.25) is 0 Å². The first-order valence-corrected chi connectivity index (χ1v) is 0. The molecule has 0 saturated carbocycles. The molecule has 0 saturated heterocycles. The molecule has 0 aromatic heterocycles. The topological polar surface area (TPSA) is 0 Å². The number of rotatable bonds is 0. The molecule has 0 N–H and O–H groups in total. The van der Waals surface area contributed by atoms with E-state index in [1.54, 1.807) is 0 Å². The molecule has 0 aliphatic rings. The van der Waals surface area contributed by atoms with Crippen LogP contribution in [0.3, 0.4) is 0 Å². The minimum absolute atomic E-state index is 0. The van der Waals surface area contributed by atoms with Crippen molar-refractivity contribution in [2.75, 3.05) is 0 Å². The van der Waals surface area contributed by atoms with Crippen molar-refractivity contribution in [2.24, 2.45) is 0 Å². The molecule has 0 bridgehead atoms. The molecule has 7 heteroatoms. The van der Waals surface area contributed by atoms with Crippen LogP contribution in [0.2, 0.25) is 0 Å². The monoisotopic (exact) mass is 1110 g/mol. The van der Waals surface area contributed by atoms with Crippen LogP contribution in [0, 0.1) is 0 Å². The SMILES string of the molecule is [B].[W].[W].[W].[W].[W].[W]. The van der Waals surface area contributed by atoms with Gasteiger partial charge in [0, 0.05) is 135 Å². The molecule has 0 aliphatic heterocycles. The van der Waals surface area contributed by atoms with Gasteiger partial charge in [-0.2, -0.15) is 0 Å². The number of hydrogen-bond donors (Lipinski definition) is 0. The summed E-state index contributed by atoms with van der Waals surface area (Å²) in [5.74, 6) is 0. The fraction of sp³-hybridized carbons (Fsp3) is 0. The third-order valence-electron chi connectivity index (χ3n) is 0. The summed E-state index contributed by atoms with van der Waals surface area (Å²) in [4.78, 5) is 0. The second-order valence-corrected chi connectivity index (χ2v) is 0. The zero-order valence-electron chi connectivity index (χ0n) is 3.03. The van der Waals surface area contributed by atoms with Crippen LogP contribution in [-0.2, 0) is 126 Å². The van der Waals surface area contributed by atoms with E-state index in [1.807, 2.05) is 0 Å². The summed E-state index contributed by atoms with van der Waals surface area (Å²) in [5.41, 5.74) is 0. The van der Waals surface area contributed by atoms with Crippen LogP contribution in [0.1, 0.15) is 0 Å². The largest absolute Gasteiger partial charge is 0 e. The predicted molar refractivity (Wildman–Crippen MR) is 5.75 cm³/mol. The Labute approximate surface area is 132 Å². The molecule has 0 atom stereocenters. The Hall–Kier alpha value is 4.19. The summed E-state index contributed by atoms with van der Waals surface area (Å²) < 4.78 is 0. The molecular weight excluding hydrogens is 1110 g/mol. The van der Waals surface area contributed by atoms with Crippen molar-refractivity contribution >= 4 is 8.41 Å². The summed E-state index contributed by atoms with van der Waals surface area (Å²) in [6.07, 6.45) is 0. The minimum atomic E-state index is 0. The fourth-order valence-electron chi connectivity index (χ4n) is 0.